The lowest BCUT2D eigenvalue weighted by atomic mass is 10.1. The predicted octanol–water partition coefficient (Wildman–Crippen LogP) is 1.29. The summed E-state index contributed by atoms with van der Waals surface area (Å²) in [6, 6.07) is 0. The topological polar surface area (TPSA) is 60.2 Å². The SMILES string of the molecule is CCNCc1noc(CCC2CCCO2)n1. The van der Waals surface area contributed by atoms with Gasteiger partial charge in [-0.3, -0.25) is 0 Å². The summed E-state index contributed by atoms with van der Waals surface area (Å²) in [5.74, 6) is 1.47. The average Bonchev–Trinajstić information content (AvgIpc) is 2.95. The van der Waals surface area contributed by atoms with Crippen molar-refractivity contribution < 1.29 is 9.26 Å². The Bertz CT molecular complexity index is 308. The zero-order valence-corrected chi connectivity index (χ0v) is 9.74. The van der Waals surface area contributed by atoms with E-state index in [0.29, 0.717) is 12.6 Å². The van der Waals surface area contributed by atoms with Crippen molar-refractivity contribution in [2.45, 2.75) is 45.3 Å². The van der Waals surface area contributed by atoms with E-state index in [1.54, 1.807) is 0 Å². The van der Waals surface area contributed by atoms with E-state index in [2.05, 4.69) is 22.4 Å². The van der Waals surface area contributed by atoms with Crippen molar-refractivity contribution >= 4 is 0 Å². The van der Waals surface area contributed by atoms with Crippen LogP contribution in [-0.4, -0.2) is 29.4 Å². The predicted molar refractivity (Wildman–Crippen MR) is 59.0 cm³/mol. The Morgan fingerprint density at radius 3 is 3.19 bits per heavy atom. The molecule has 0 amide bonds. The number of nitrogens with one attached hydrogen (secondary N) is 1. The molecule has 1 N–H and O–H groups in total. The Morgan fingerprint density at radius 1 is 1.50 bits per heavy atom. The van der Waals surface area contributed by atoms with Gasteiger partial charge in [-0.2, -0.15) is 4.98 Å². The number of aromatic nitrogens is 2. The van der Waals surface area contributed by atoms with Gasteiger partial charge in [-0.1, -0.05) is 12.1 Å². The quantitative estimate of drug-likeness (QED) is 0.790. The zero-order valence-electron chi connectivity index (χ0n) is 9.74. The molecule has 0 radical (unpaired) electrons. The summed E-state index contributed by atoms with van der Waals surface area (Å²) in [5, 5.41) is 7.07. The fourth-order valence-corrected chi connectivity index (χ4v) is 1.86. The third-order valence-electron chi connectivity index (χ3n) is 2.75. The van der Waals surface area contributed by atoms with Crippen LogP contribution in [-0.2, 0) is 17.7 Å². The number of hydrogen-bond acceptors (Lipinski definition) is 5. The number of nitrogens with zero attached hydrogens (tertiary/aromatic N) is 2. The molecule has 0 aromatic carbocycles. The molecule has 5 nitrogen and oxygen atoms in total. The van der Waals surface area contributed by atoms with Crippen molar-refractivity contribution in [2.24, 2.45) is 0 Å². The molecule has 1 saturated heterocycles. The van der Waals surface area contributed by atoms with Gasteiger partial charge in [0.2, 0.25) is 5.89 Å². The van der Waals surface area contributed by atoms with E-state index >= 15 is 0 Å². The molecule has 2 rings (SSSR count). The van der Waals surface area contributed by atoms with Crippen LogP contribution in [0, 0.1) is 0 Å². The van der Waals surface area contributed by atoms with Crippen molar-refractivity contribution in [3.8, 4) is 0 Å². The summed E-state index contributed by atoms with van der Waals surface area (Å²) >= 11 is 0. The maximum Gasteiger partial charge on any atom is 0.226 e. The smallest absolute Gasteiger partial charge is 0.226 e. The van der Waals surface area contributed by atoms with Crippen molar-refractivity contribution in [3.05, 3.63) is 11.7 Å². The molecule has 0 saturated carbocycles. The van der Waals surface area contributed by atoms with Crippen molar-refractivity contribution in [1.82, 2.24) is 15.5 Å². The molecular formula is C11H19N3O2. The van der Waals surface area contributed by atoms with E-state index in [1.165, 1.54) is 12.8 Å². The second-order valence-electron chi connectivity index (χ2n) is 4.06. The number of ether oxygens (including phenoxy) is 1. The Labute approximate surface area is 95.6 Å². The second kappa shape index (κ2) is 5.96. The summed E-state index contributed by atoms with van der Waals surface area (Å²) < 4.78 is 10.7. The first-order valence-corrected chi connectivity index (χ1v) is 6.02. The van der Waals surface area contributed by atoms with Gasteiger partial charge >= 0.3 is 0 Å². The van der Waals surface area contributed by atoms with Crippen LogP contribution in [0.4, 0.5) is 0 Å². The molecule has 1 aliphatic rings. The van der Waals surface area contributed by atoms with Gasteiger partial charge in [0.25, 0.3) is 0 Å². The second-order valence-corrected chi connectivity index (χ2v) is 4.06. The molecule has 0 aliphatic carbocycles. The van der Waals surface area contributed by atoms with Crippen LogP contribution < -0.4 is 5.32 Å². The van der Waals surface area contributed by atoms with Crippen molar-refractivity contribution in [3.63, 3.8) is 0 Å². The molecule has 0 spiro atoms. The Kier molecular flexibility index (Phi) is 4.30. The normalized spacial score (nSPS) is 20.4. The molecule has 0 bridgehead atoms. The maximum absolute atomic E-state index is 5.54. The first-order valence-electron chi connectivity index (χ1n) is 6.02. The first-order chi connectivity index (χ1) is 7.88. The number of aryl methyl sites for hydroxylation is 1. The van der Waals surface area contributed by atoms with Crippen LogP contribution in [0.5, 0.6) is 0 Å². The fraction of sp³-hybridized carbons (Fsp3) is 0.818. The van der Waals surface area contributed by atoms with Gasteiger partial charge < -0.3 is 14.6 Å². The van der Waals surface area contributed by atoms with Crippen molar-refractivity contribution in [2.75, 3.05) is 13.2 Å². The van der Waals surface area contributed by atoms with E-state index in [9.17, 15) is 0 Å². The van der Waals surface area contributed by atoms with E-state index in [-0.39, 0.29) is 0 Å². The van der Waals surface area contributed by atoms with E-state index in [4.69, 9.17) is 9.26 Å². The highest BCUT2D eigenvalue weighted by molar-refractivity contribution is 4.86. The van der Waals surface area contributed by atoms with Crippen LogP contribution in [0.1, 0.15) is 37.9 Å². The van der Waals surface area contributed by atoms with Crippen LogP contribution in [0.25, 0.3) is 0 Å². The third-order valence-corrected chi connectivity index (χ3v) is 2.75. The number of hydrogen-bond donors (Lipinski definition) is 1. The third kappa shape index (κ3) is 3.28. The van der Waals surface area contributed by atoms with Crippen LogP contribution in [0.15, 0.2) is 4.52 Å². The van der Waals surface area contributed by atoms with Gasteiger partial charge in [-0.15, -0.1) is 0 Å². The lowest BCUT2D eigenvalue weighted by Crippen LogP contribution is -2.12. The first kappa shape index (κ1) is 11.5. The molecule has 90 valence electrons. The summed E-state index contributed by atoms with van der Waals surface area (Å²) in [5.41, 5.74) is 0. The lowest BCUT2D eigenvalue weighted by Gasteiger charge is -2.05. The molecule has 1 aliphatic heterocycles. The average molecular weight is 225 g/mol. The number of rotatable bonds is 6. The van der Waals surface area contributed by atoms with Gasteiger partial charge in [0.15, 0.2) is 5.82 Å². The minimum atomic E-state index is 0.393. The van der Waals surface area contributed by atoms with Gasteiger partial charge in [0, 0.05) is 13.0 Å². The summed E-state index contributed by atoms with van der Waals surface area (Å²) in [6.45, 7) is 4.55. The molecule has 16 heavy (non-hydrogen) atoms. The standard InChI is InChI=1S/C11H19N3O2/c1-2-12-8-10-13-11(16-14-10)6-5-9-4-3-7-15-9/h9,12H,2-8H2,1H3. The molecule has 1 aromatic heterocycles. The van der Waals surface area contributed by atoms with Crippen LogP contribution in [0.3, 0.4) is 0 Å². The summed E-state index contributed by atoms with van der Waals surface area (Å²) in [7, 11) is 0. The highest BCUT2D eigenvalue weighted by Crippen LogP contribution is 2.17. The van der Waals surface area contributed by atoms with E-state index in [0.717, 1.165) is 37.7 Å². The fourth-order valence-electron chi connectivity index (χ4n) is 1.86. The van der Waals surface area contributed by atoms with E-state index in [1.807, 2.05) is 0 Å². The molecule has 1 fully saturated rings. The lowest BCUT2D eigenvalue weighted by molar-refractivity contribution is 0.102. The van der Waals surface area contributed by atoms with Gasteiger partial charge in [0.05, 0.1) is 12.6 Å². The minimum Gasteiger partial charge on any atom is -0.378 e. The largest absolute Gasteiger partial charge is 0.378 e. The van der Waals surface area contributed by atoms with Crippen molar-refractivity contribution in [1.29, 1.82) is 0 Å². The maximum atomic E-state index is 5.54. The monoisotopic (exact) mass is 225 g/mol. The minimum absolute atomic E-state index is 0.393. The molecule has 1 aromatic rings. The molecule has 1 atom stereocenters. The Morgan fingerprint density at radius 2 is 2.44 bits per heavy atom. The van der Waals surface area contributed by atoms with Crippen LogP contribution in [0.2, 0.25) is 0 Å². The highest BCUT2D eigenvalue weighted by Gasteiger charge is 2.16. The summed E-state index contributed by atoms with van der Waals surface area (Å²) in [6.07, 6.45) is 4.55. The summed E-state index contributed by atoms with van der Waals surface area (Å²) in [4.78, 5) is 4.31. The highest BCUT2D eigenvalue weighted by atomic mass is 16.5. The molecular weight excluding hydrogens is 206 g/mol. The van der Waals surface area contributed by atoms with Gasteiger partial charge in [0.1, 0.15) is 0 Å². The van der Waals surface area contributed by atoms with Gasteiger partial charge in [-0.25, -0.2) is 0 Å². The molecule has 2 heterocycles. The molecule has 1 unspecified atom stereocenters. The van der Waals surface area contributed by atoms with Crippen LogP contribution >= 0.6 is 0 Å². The van der Waals surface area contributed by atoms with E-state index < -0.39 is 0 Å². The Balaban J connectivity index is 1.73. The van der Waals surface area contributed by atoms with Gasteiger partial charge in [-0.05, 0) is 25.8 Å². The molecule has 5 heteroatoms. The Hall–Kier alpha value is -0.940. The zero-order chi connectivity index (χ0) is 11.2.